The van der Waals surface area contributed by atoms with Crippen molar-refractivity contribution in [2.75, 3.05) is 0 Å². The van der Waals surface area contributed by atoms with Crippen LogP contribution in [-0.4, -0.2) is 22.3 Å². The van der Waals surface area contributed by atoms with Crippen LogP contribution in [0.5, 0.6) is 5.75 Å². The SMILES string of the molecule is CC1CCC(C(C)C)C(OC(=O)C(O)c2cc(Cl)ccc2O)C1. The molecule has 0 heterocycles. The highest BCUT2D eigenvalue weighted by Gasteiger charge is 2.35. The van der Waals surface area contributed by atoms with E-state index in [0.29, 0.717) is 22.8 Å². The number of halogens is 1. The maximum atomic E-state index is 12.3. The smallest absolute Gasteiger partial charge is 0.340 e. The van der Waals surface area contributed by atoms with E-state index in [1.165, 1.54) is 18.2 Å². The highest BCUT2D eigenvalue weighted by molar-refractivity contribution is 6.30. The summed E-state index contributed by atoms with van der Waals surface area (Å²) in [6.45, 7) is 6.40. The first-order valence-corrected chi connectivity index (χ1v) is 8.54. The van der Waals surface area contributed by atoms with Gasteiger partial charge in [0.25, 0.3) is 0 Å². The Morgan fingerprint density at radius 3 is 2.70 bits per heavy atom. The van der Waals surface area contributed by atoms with Gasteiger partial charge in [0.05, 0.1) is 0 Å². The summed E-state index contributed by atoms with van der Waals surface area (Å²) in [5, 5.41) is 20.4. The lowest BCUT2D eigenvalue weighted by atomic mass is 9.75. The number of phenolic OH excluding ortho intramolecular Hbond substituents is 1. The van der Waals surface area contributed by atoms with E-state index in [0.717, 1.165) is 19.3 Å². The van der Waals surface area contributed by atoms with E-state index in [2.05, 4.69) is 20.8 Å². The number of carbonyl (C=O) groups is 1. The average molecular weight is 341 g/mol. The number of esters is 1. The average Bonchev–Trinajstić information content (AvgIpc) is 2.48. The van der Waals surface area contributed by atoms with E-state index >= 15 is 0 Å². The van der Waals surface area contributed by atoms with Crippen LogP contribution in [0.15, 0.2) is 18.2 Å². The fourth-order valence-electron chi connectivity index (χ4n) is 3.34. The third kappa shape index (κ3) is 4.39. The molecule has 4 atom stereocenters. The number of aromatic hydroxyl groups is 1. The summed E-state index contributed by atoms with van der Waals surface area (Å²) in [6.07, 6.45) is 1.24. The van der Waals surface area contributed by atoms with Crippen LogP contribution in [0.2, 0.25) is 5.02 Å². The van der Waals surface area contributed by atoms with Gasteiger partial charge < -0.3 is 14.9 Å². The lowest BCUT2D eigenvalue weighted by Gasteiger charge is -2.37. The molecule has 1 saturated carbocycles. The first-order chi connectivity index (χ1) is 10.8. The monoisotopic (exact) mass is 340 g/mol. The standard InChI is InChI=1S/C18H25ClO4/c1-10(2)13-6-4-11(3)8-16(13)23-18(22)17(21)14-9-12(19)5-7-15(14)20/h5,7,9-11,13,16-17,20-21H,4,6,8H2,1-3H3. The lowest BCUT2D eigenvalue weighted by Crippen LogP contribution is -2.37. The molecule has 1 aromatic rings. The van der Waals surface area contributed by atoms with Gasteiger partial charge in [-0.25, -0.2) is 4.79 Å². The van der Waals surface area contributed by atoms with Crippen molar-refractivity contribution in [2.24, 2.45) is 17.8 Å². The Morgan fingerprint density at radius 2 is 2.04 bits per heavy atom. The van der Waals surface area contributed by atoms with Gasteiger partial charge in [0.2, 0.25) is 0 Å². The predicted octanol–water partition coefficient (Wildman–Crippen LogP) is 4.08. The number of aliphatic hydroxyl groups is 1. The molecule has 0 aromatic heterocycles. The second-order valence-corrected chi connectivity index (χ2v) is 7.34. The van der Waals surface area contributed by atoms with Gasteiger partial charge in [-0.1, -0.05) is 38.8 Å². The Kier molecular flexibility index (Phi) is 5.93. The number of ether oxygens (including phenoxy) is 1. The van der Waals surface area contributed by atoms with E-state index in [4.69, 9.17) is 16.3 Å². The fourth-order valence-corrected chi connectivity index (χ4v) is 3.52. The van der Waals surface area contributed by atoms with Crippen LogP contribution in [0.1, 0.15) is 51.7 Å². The summed E-state index contributed by atoms with van der Waals surface area (Å²) < 4.78 is 5.60. The van der Waals surface area contributed by atoms with E-state index < -0.39 is 12.1 Å². The number of phenols is 1. The summed E-state index contributed by atoms with van der Waals surface area (Å²) in [6, 6.07) is 4.23. The highest BCUT2D eigenvalue weighted by Crippen LogP contribution is 2.36. The lowest BCUT2D eigenvalue weighted by molar-refractivity contribution is -0.166. The third-order valence-corrected chi connectivity index (χ3v) is 4.97. The Labute approximate surface area is 142 Å². The van der Waals surface area contributed by atoms with Crippen LogP contribution in [0.3, 0.4) is 0 Å². The molecular formula is C18H25ClO4. The van der Waals surface area contributed by atoms with E-state index in [9.17, 15) is 15.0 Å². The Balaban J connectivity index is 2.11. The minimum atomic E-state index is -1.53. The molecule has 1 aliphatic carbocycles. The topological polar surface area (TPSA) is 66.8 Å². The number of hydrogen-bond acceptors (Lipinski definition) is 4. The summed E-state index contributed by atoms with van der Waals surface area (Å²) in [5.41, 5.74) is 0.0763. The van der Waals surface area contributed by atoms with Crippen molar-refractivity contribution in [2.45, 2.75) is 52.2 Å². The molecule has 0 bridgehead atoms. The van der Waals surface area contributed by atoms with Crippen LogP contribution in [0, 0.1) is 17.8 Å². The van der Waals surface area contributed by atoms with Gasteiger partial charge in [0.15, 0.2) is 6.10 Å². The van der Waals surface area contributed by atoms with Crippen molar-refractivity contribution < 1.29 is 19.7 Å². The summed E-state index contributed by atoms with van der Waals surface area (Å²) in [5.74, 6) is 0.315. The Morgan fingerprint density at radius 1 is 1.35 bits per heavy atom. The van der Waals surface area contributed by atoms with Crippen LogP contribution in [-0.2, 0) is 9.53 Å². The number of aliphatic hydroxyl groups excluding tert-OH is 1. The minimum absolute atomic E-state index is 0.0763. The van der Waals surface area contributed by atoms with Crippen molar-refractivity contribution in [3.63, 3.8) is 0 Å². The maximum absolute atomic E-state index is 12.3. The van der Waals surface area contributed by atoms with Gasteiger partial charge in [-0.15, -0.1) is 0 Å². The Hall–Kier alpha value is -1.26. The number of rotatable bonds is 4. The highest BCUT2D eigenvalue weighted by atomic mass is 35.5. The van der Waals surface area contributed by atoms with Gasteiger partial charge in [-0.05, 0) is 48.8 Å². The first kappa shape index (κ1) is 18.1. The van der Waals surface area contributed by atoms with Crippen molar-refractivity contribution in [1.82, 2.24) is 0 Å². The van der Waals surface area contributed by atoms with Crippen molar-refractivity contribution in [3.8, 4) is 5.75 Å². The van der Waals surface area contributed by atoms with Crippen LogP contribution < -0.4 is 0 Å². The minimum Gasteiger partial charge on any atom is -0.508 e. The molecule has 4 unspecified atom stereocenters. The molecule has 0 aliphatic heterocycles. The third-order valence-electron chi connectivity index (χ3n) is 4.74. The number of hydrogen-bond donors (Lipinski definition) is 2. The van der Waals surface area contributed by atoms with E-state index in [1.54, 1.807) is 0 Å². The first-order valence-electron chi connectivity index (χ1n) is 8.16. The second-order valence-electron chi connectivity index (χ2n) is 6.91. The van der Waals surface area contributed by atoms with E-state index in [-0.39, 0.29) is 17.4 Å². The van der Waals surface area contributed by atoms with Gasteiger partial charge in [0, 0.05) is 10.6 Å². The maximum Gasteiger partial charge on any atom is 0.340 e. The molecule has 1 aliphatic rings. The molecule has 0 amide bonds. The molecular weight excluding hydrogens is 316 g/mol. The van der Waals surface area contributed by atoms with Crippen molar-refractivity contribution in [1.29, 1.82) is 0 Å². The van der Waals surface area contributed by atoms with E-state index in [1.807, 2.05) is 0 Å². The molecule has 1 aromatic carbocycles. The molecule has 4 nitrogen and oxygen atoms in total. The summed E-state index contributed by atoms with van der Waals surface area (Å²) in [7, 11) is 0. The van der Waals surface area contributed by atoms with Gasteiger partial charge in [0.1, 0.15) is 11.9 Å². The van der Waals surface area contributed by atoms with Crippen LogP contribution >= 0.6 is 11.6 Å². The summed E-state index contributed by atoms with van der Waals surface area (Å²) in [4.78, 5) is 12.3. The quantitative estimate of drug-likeness (QED) is 0.810. The second kappa shape index (κ2) is 7.54. The fraction of sp³-hybridized carbons (Fsp3) is 0.611. The zero-order valence-corrected chi connectivity index (χ0v) is 14.6. The molecule has 1 fully saturated rings. The molecule has 23 heavy (non-hydrogen) atoms. The largest absolute Gasteiger partial charge is 0.508 e. The molecule has 2 rings (SSSR count). The van der Waals surface area contributed by atoms with Crippen molar-refractivity contribution >= 4 is 17.6 Å². The molecule has 0 saturated heterocycles. The van der Waals surface area contributed by atoms with Crippen LogP contribution in [0.25, 0.3) is 0 Å². The zero-order chi connectivity index (χ0) is 17.1. The van der Waals surface area contributed by atoms with Crippen LogP contribution in [0.4, 0.5) is 0 Å². The zero-order valence-electron chi connectivity index (χ0n) is 13.8. The molecule has 0 spiro atoms. The van der Waals surface area contributed by atoms with Crippen molar-refractivity contribution in [3.05, 3.63) is 28.8 Å². The van der Waals surface area contributed by atoms with Gasteiger partial charge in [-0.3, -0.25) is 0 Å². The van der Waals surface area contributed by atoms with Gasteiger partial charge >= 0.3 is 5.97 Å². The number of carbonyl (C=O) groups excluding carboxylic acids is 1. The molecule has 2 N–H and O–H groups in total. The van der Waals surface area contributed by atoms with Gasteiger partial charge in [-0.2, -0.15) is 0 Å². The molecule has 0 radical (unpaired) electrons. The predicted molar refractivity (Wildman–Crippen MR) is 89.3 cm³/mol. The number of benzene rings is 1. The Bertz CT molecular complexity index is 558. The summed E-state index contributed by atoms with van der Waals surface area (Å²) >= 11 is 5.87. The molecule has 128 valence electrons. The normalized spacial score (nSPS) is 26.1. The molecule has 5 heteroatoms.